The Kier molecular flexibility index (Phi) is 3.96. The van der Waals surface area contributed by atoms with Crippen molar-refractivity contribution in [3.8, 4) is 0 Å². The van der Waals surface area contributed by atoms with Crippen molar-refractivity contribution >= 4 is 17.6 Å². The standard InChI is InChI=1S/C11H13ClO2/c1-8-4-2-3-5-9(8)10(12)6-7-11(13)14/h2-5,10H,6-7H2,1H3,(H,13,14)/t10-/m1/s1. The van der Waals surface area contributed by atoms with Gasteiger partial charge in [-0.3, -0.25) is 4.79 Å². The molecule has 3 heteroatoms. The quantitative estimate of drug-likeness (QED) is 0.779. The molecule has 0 unspecified atom stereocenters. The van der Waals surface area contributed by atoms with Crippen molar-refractivity contribution in [3.63, 3.8) is 0 Å². The maximum atomic E-state index is 10.4. The molecule has 0 spiro atoms. The predicted octanol–water partition coefficient (Wildman–Crippen LogP) is 3.14. The molecule has 2 nitrogen and oxygen atoms in total. The van der Waals surface area contributed by atoms with Crippen LogP contribution in [0.5, 0.6) is 0 Å². The Morgan fingerprint density at radius 2 is 2.14 bits per heavy atom. The lowest BCUT2D eigenvalue weighted by molar-refractivity contribution is -0.137. The number of halogens is 1. The van der Waals surface area contributed by atoms with E-state index in [4.69, 9.17) is 16.7 Å². The van der Waals surface area contributed by atoms with Crippen LogP contribution in [0.4, 0.5) is 0 Å². The van der Waals surface area contributed by atoms with Gasteiger partial charge in [-0.05, 0) is 24.5 Å². The van der Waals surface area contributed by atoms with Crippen LogP contribution >= 0.6 is 11.6 Å². The summed E-state index contributed by atoms with van der Waals surface area (Å²) in [5.41, 5.74) is 2.13. The molecule has 0 fully saturated rings. The number of rotatable bonds is 4. The van der Waals surface area contributed by atoms with E-state index in [2.05, 4.69) is 0 Å². The Balaban J connectivity index is 2.65. The summed E-state index contributed by atoms with van der Waals surface area (Å²) in [5, 5.41) is 8.32. The Morgan fingerprint density at radius 1 is 1.50 bits per heavy atom. The molecule has 0 aromatic heterocycles. The molecule has 0 saturated heterocycles. The van der Waals surface area contributed by atoms with E-state index in [1.165, 1.54) is 0 Å². The molecule has 0 aliphatic carbocycles. The number of aliphatic carboxylic acids is 1. The molecule has 0 radical (unpaired) electrons. The number of carboxylic acids is 1. The number of alkyl halides is 1. The molecule has 76 valence electrons. The molecule has 0 aliphatic heterocycles. The summed E-state index contributed by atoms with van der Waals surface area (Å²) in [4.78, 5) is 10.4. The average Bonchev–Trinajstić information content (AvgIpc) is 2.15. The molecule has 1 N–H and O–H groups in total. The second-order valence-corrected chi connectivity index (χ2v) is 3.78. The average molecular weight is 213 g/mol. The van der Waals surface area contributed by atoms with Gasteiger partial charge in [-0.25, -0.2) is 0 Å². The lowest BCUT2D eigenvalue weighted by Crippen LogP contribution is -1.99. The fourth-order valence-corrected chi connectivity index (χ4v) is 1.70. The van der Waals surface area contributed by atoms with Crippen molar-refractivity contribution < 1.29 is 9.90 Å². The van der Waals surface area contributed by atoms with E-state index in [-0.39, 0.29) is 11.8 Å². The van der Waals surface area contributed by atoms with E-state index in [1.807, 2.05) is 31.2 Å². The molecular formula is C11H13ClO2. The van der Waals surface area contributed by atoms with Gasteiger partial charge >= 0.3 is 5.97 Å². The van der Waals surface area contributed by atoms with Gasteiger partial charge in [0.2, 0.25) is 0 Å². The summed E-state index contributed by atoms with van der Waals surface area (Å²) in [7, 11) is 0. The van der Waals surface area contributed by atoms with Gasteiger partial charge in [0.25, 0.3) is 0 Å². The smallest absolute Gasteiger partial charge is 0.303 e. The topological polar surface area (TPSA) is 37.3 Å². The molecule has 1 aromatic carbocycles. The Bertz CT molecular complexity index is 323. The highest BCUT2D eigenvalue weighted by Gasteiger charge is 2.11. The van der Waals surface area contributed by atoms with Crippen LogP contribution in [-0.4, -0.2) is 11.1 Å². The van der Waals surface area contributed by atoms with Crippen LogP contribution in [0.25, 0.3) is 0 Å². The molecule has 14 heavy (non-hydrogen) atoms. The highest BCUT2D eigenvalue weighted by Crippen LogP contribution is 2.27. The van der Waals surface area contributed by atoms with Crippen molar-refractivity contribution in [1.29, 1.82) is 0 Å². The lowest BCUT2D eigenvalue weighted by Gasteiger charge is -2.10. The monoisotopic (exact) mass is 212 g/mol. The van der Waals surface area contributed by atoms with E-state index in [1.54, 1.807) is 0 Å². The third-order valence-corrected chi connectivity index (χ3v) is 2.59. The fraction of sp³-hybridized carbons (Fsp3) is 0.364. The van der Waals surface area contributed by atoms with Crippen LogP contribution in [0.15, 0.2) is 24.3 Å². The first kappa shape index (κ1) is 11.1. The van der Waals surface area contributed by atoms with Crippen molar-refractivity contribution in [3.05, 3.63) is 35.4 Å². The van der Waals surface area contributed by atoms with Gasteiger partial charge < -0.3 is 5.11 Å². The van der Waals surface area contributed by atoms with Crippen LogP contribution in [-0.2, 0) is 4.79 Å². The summed E-state index contributed by atoms with van der Waals surface area (Å²) in [6, 6.07) is 7.78. The number of hydrogen-bond acceptors (Lipinski definition) is 1. The van der Waals surface area contributed by atoms with Gasteiger partial charge in [0.15, 0.2) is 0 Å². The van der Waals surface area contributed by atoms with Gasteiger partial charge in [-0.2, -0.15) is 0 Å². The Labute approximate surface area is 88.5 Å². The highest BCUT2D eigenvalue weighted by molar-refractivity contribution is 6.21. The van der Waals surface area contributed by atoms with E-state index < -0.39 is 5.97 Å². The molecule has 0 saturated carbocycles. The predicted molar refractivity (Wildman–Crippen MR) is 56.6 cm³/mol. The van der Waals surface area contributed by atoms with Crippen LogP contribution in [0.1, 0.15) is 29.3 Å². The highest BCUT2D eigenvalue weighted by atomic mass is 35.5. The van der Waals surface area contributed by atoms with Crippen LogP contribution in [0, 0.1) is 6.92 Å². The molecule has 0 bridgehead atoms. The molecule has 0 heterocycles. The Hall–Kier alpha value is -1.02. The lowest BCUT2D eigenvalue weighted by atomic mass is 10.0. The summed E-state index contributed by atoms with van der Waals surface area (Å²) in [5.74, 6) is -0.802. The first-order valence-corrected chi connectivity index (χ1v) is 4.96. The van der Waals surface area contributed by atoms with E-state index in [0.29, 0.717) is 6.42 Å². The SMILES string of the molecule is Cc1ccccc1[C@H](Cl)CCC(=O)O. The van der Waals surface area contributed by atoms with Gasteiger partial charge in [0.1, 0.15) is 0 Å². The molecule has 0 amide bonds. The maximum absolute atomic E-state index is 10.4. The van der Waals surface area contributed by atoms with E-state index >= 15 is 0 Å². The zero-order valence-electron chi connectivity index (χ0n) is 8.03. The molecule has 1 aromatic rings. The van der Waals surface area contributed by atoms with Crippen molar-refractivity contribution in [2.24, 2.45) is 0 Å². The summed E-state index contributed by atoms with van der Waals surface area (Å²) in [6.45, 7) is 1.98. The van der Waals surface area contributed by atoms with E-state index in [0.717, 1.165) is 11.1 Å². The molecule has 1 atom stereocenters. The third kappa shape index (κ3) is 3.04. The fourth-order valence-electron chi connectivity index (χ4n) is 1.34. The zero-order valence-corrected chi connectivity index (χ0v) is 8.79. The second-order valence-electron chi connectivity index (χ2n) is 3.26. The Morgan fingerprint density at radius 3 is 2.71 bits per heavy atom. The summed E-state index contributed by atoms with van der Waals surface area (Å²) in [6.07, 6.45) is 0.588. The first-order valence-electron chi connectivity index (χ1n) is 4.52. The number of aryl methyl sites for hydroxylation is 1. The van der Waals surface area contributed by atoms with E-state index in [9.17, 15) is 4.79 Å². The minimum atomic E-state index is -0.802. The number of carbonyl (C=O) groups is 1. The normalized spacial score (nSPS) is 12.4. The number of benzene rings is 1. The molecule has 0 aliphatic rings. The maximum Gasteiger partial charge on any atom is 0.303 e. The van der Waals surface area contributed by atoms with Crippen LogP contribution < -0.4 is 0 Å². The van der Waals surface area contributed by atoms with Gasteiger partial charge in [-0.15, -0.1) is 11.6 Å². The first-order chi connectivity index (χ1) is 6.61. The minimum absolute atomic E-state index is 0.114. The minimum Gasteiger partial charge on any atom is -0.481 e. The molecular weight excluding hydrogens is 200 g/mol. The van der Waals surface area contributed by atoms with Crippen molar-refractivity contribution in [2.45, 2.75) is 25.1 Å². The van der Waals surface area contributed by atoms with Gasteiger partial charge in [0, 0.05) is 6.42 Å². The number of hydrogen-bond donors (Lipinski definition) is 1. The van der Waals surface area contributed by atoms with Gasteiger partial charge in [0.05, 0.1) is 5.38 Å². The number of carboxylic acid groups (broad SMARTS) is 1. The third-order valence-electron chi connectivity index (χ3n) is 2.14. The van der Waals surface area contributed by atoms with Crippen molar-refractivity contribution in [2.75, 3.05) is 0 Å². The summed E-state index contributed by atoms with van der Waals surface area (Å²) >= 11 is 6.09. The summed E-state index contributed by atoms with van der Waals surface area (Å²) < 4.78 is 0. The molecule has 1 rings (SSSR count). The second kappa shape index (κ2) is 5.01. The van der Waals surface area contributed by atoms with Crippen molar-refractivity contribution in [1.82, 2.24) is 0 Å². The van der Waals surface area contributed by atoms with Gasteiger partial charge in [-0.1, -0.05) is 24.3 Å². The largest absolute Gasteiger partial charge is 0.481 e. The zero-order chi connectivity index (χ0) is 10.6. The van der Waals surface area contributed by atoms with Crippen LogP contribution in [0.2, 0.25) is 0 Å². The van der Waals surface area contributed by atoms with Crippen LogP contribution in [0.3, 0.4) is 0 Å².